The summed E-state index contributed by atoms with van der Waals surface area (Å²) in [6, 6.07) is 1.58. The van der Waals surface area contributed by atoms with E-state index in [1.54, 1.807) is 6.07 Å². The molecule has 2 heterocycles. The van der Waals surface area contributed by atoms with Crippen LogP contribution in [0.4, 0.5) is 8.78 Å². The highest BCUT2D eigenvalue weighted by atomic mass is 35.5. The van der Waals surface area contributed by atoms with Gasteiger partial charge < -0.3 is 4.98 Å². The highest BCUT2D eigenvalue weighted by Gasteiger charge is 2.44. The topological polar surface area (TPSA) is 41.6 Å². The molecular formula is C11H12ClF2N3. The van der Waals surface area contributed by atoms with Crippen LogP contribution in [0.15, 0.2) is 12.3 Å². The van der Waals surface area contributed by atoms with Crippen molar-refractivity contribution in [1.29, 1.82) is 0 Å². The third-order valence-corrected chi connectivity index (χ3v) is 3.26. The molecule has 3 nitrogen and oxygen atoms in total. The molecule has 0 fully saturated rings. The number of fused-ring (bicyclic) bond motifs is 1. The molecule has 0 amide bonds. The Morgan fingerprint density at radius 3 is 2.53 bits per heavy atom. The predicted octanol–water partition coefficient (Wildman–Crippen LogP) is 3.54. The van der Waals surface area contributed by atoms with Crippen LogP contribution in [0.25, 0.3) is 11.2 Å². The summed E-state index contributed by atoms with van der Waals surface area (Å²) in [7, 11) is 0. The molecule has 0 unspecified atom stereocenters. The van der Waals surface area contributed by atoms with Gasteiger partial charge in [-0.15, -0.1) is 0 Å². The first kappa shape index (κ1) is 12.2. The molecule has 2 aromatic rings. The summed E-state index contributed by atoms with van der Waals surface area (Å²) in [6.07, 6.45) is 1.39. The number of nitrogens with zero attached hydrogens (tertiary/aromatic N) is 2. The van der Waals surface area contributed by atoms with E-state index in [1.165, 1.54) is 20.0 Å². The van der Waals surface area contributed by atoms with Gasteiger partial charge in [0.2, 0.25) is 0 Å². The second-order valence-corrected chi connectivity index (χ2v) is 5.01. The fourth-order valence-electron chi connectivity index (χ4n) is 1.45. The molecule has 0 aliphatic rings. The van der Waals surface area contributed by atoms with E-state index in [4.69, 9.17) is 11.6 Å². The van der Waals surface area contributed by atoms with Crippen LogP contribution in [0.3, 0.4) is 0 Å². The summed E-state index contributed by atoms with van der Waals surface area (Å²) in [5.41, 5.74) is 0.0239. The van der Waals surface area contributed by atoms with Gasteiger partial charge in [-0.2, -0.15) is 0 Å². The summed E-state index contributed by atoms with van der Waals surface area (Å²) in [6.45, 7) is 3.84. The van der Waals surface area contributed by atoms with Gasteiger partial charge in [-0.25, -0.2) is 18.7 Å². The number of hydrogen-bond donors (Lipinski definition) is 1. The molecule has 0 spiro atoms. The lowest BCUT2D eigenvalue weighted by Gasteiger charge is -2.30. The zero-order valence-corrected chi connectivity index (χ0v) is 10.4. The minimum Gasteiger partial charge on any atom is -0.341 e. The number of aromatic amines is 1. The second-order valence-electron chi connectivity index (χ2n) is 4.62. The Balaban J connectivity index is 2.57. The number of hydrogen-bond acceptors (Lipinski definition) is 2. The smallest absolute Gasteiger partial charge is 0.255 e. The molecule has 0 saturated heterocycles. The molecule has 0 radical (unpaired) electrons. The van der Waals surface area contributed by atoms with Crippen LogP contribution < -0.4 is 0 Å². The van der Waals surface area contributed by atoms with Crippen LogP contribution >= 0.6 is 11.6 Å². The van der Waals surface area contributed by atoms with Gasteiger partial charge in [0.25, 0.3) is 5.92 Å². The number of alkyl halides is 2. The Kier molecular flexibility index (Phi) is 2.61. The molecule has 6 heteroatoms. The summed E-state index contributed by atoms with van der Waals surface area (Å²) in [4.78, 5) is 10.9. The van der Waals surface area contributed by atoms with Gasteiger partial charge in [-0.1, -0.05) is 11.6 Å². The molecule has 92 valence electrons. The van der Waals surface area contributed by atoms with Crippen LogP contribution in [0.1, 0.15) is 26.5 Å². The monoisotopic (exact) mass is 259 g/mol. The average Bonchev–Trinajstić information content (AvgIpc) is 2.58. The largest absolute Gasteiger partial charge is 0.341 e. The van der Waals surface area contributed by atoms with Gasteiger partial charge in [0, 0.05) is 12.6 Å². The number of rotatable bonds is 2. The normalized spacial score (nSPS) is 13.3. The molecule has 0 saturated carbocycles. The van der Waals surface area contributed by atoms with Crippen LogP contribution in [0.2, 0.25) is 5.15 Å². The zero-order chi connectivity index (χ0) is 12.8. The Bertz CT molecular complexity index is 557. The summed E-state index contributed by atoms with van der Waals surface area (Å²) < 4.78 is 27.0. The van der Waals surface area contributed by atoms with Crippen LogP contribution in [0, 0.1) is 0 Å². The molecule has 2 aromatic heterocycles. The lowest BCUT2D eigenvalue weighted by molar-refractivity contribution is -0.0481. The Hall–Kier alpha value is -1.23. The standard InChI is InChI=1S/C11H12ClF2N3/c1-10(2,11(3,13)14)7-4-6-9(16-7)17-8(12)5-15-6/h4-5H,1-3H3,(H,16,17). The van der Waals surface area contributed by atoms with Crippen molar-refractivity contribution < 1.29 is 8.78 Å². The average molecular weight is 260 g/mol. The van der Waals surface area contributed by atoms with E-state index >= 15 is 0 Å². The van der Waals surface area contributed by atoms with Gasteiger partial charge in [-0.3, -0.25) is 0 Å². The highest BCUT2D eigenvalue weighted by Crippen LogP contribution is 2.39. The van der Waals surface area contributed by atoms with Crippen molar-refractivity contribution >= 4 is 22.8 Å². The molecule has 0 atom stereocenters. The van der Waals surface area contributed by atoms with E-state index in [0.717, 1.165) is 6.92 Å². The quantitative estimate of drug-likeness (QED) is 0.896. The van der Waals surface area contributed by atoms with E-state index < -0.39 is 11.3 Å². The van der Waals surface area contributed by atoms with E-state index in [1.807, 2.05) is 0 Å². The predicted molar refractivity (Wildman–Crippen MR) is 62.5 cm³/mol. The maximum atomic E-state index is 13.5. The van der Waals surface area contributed by atoms with E-state index in [-0.39, 0.29) is 5.15 Å². The highest BCUT2D eigenvalue weighted by molar-refractivity contribution is 6.29. The van der Waals surface area contributed by atoms with Crippen molar-refractivity contribution in [3.05, 3.63) is 23.1 Å². The third-order valence-electron chi connectivity index (χ3n) is 3.08. The van der Waals surface area contributed by atoms with Gasteiger partial charge in [0.05, 0.1) is 11.6 Å². The van der Waals surface area contributed by atoms with E-state index in [0.29, 0.717) is 16.9 Å². The molecule has 2 rings (SSSR count). The number of halogens is 3. The van der Waals surface area contributed by atoms with E-state index in [2.05, 4.69) is 15.0 Å². The van der Waals surface area contributed by atoms with Crippen LogP contribution in [-0.4, -0.2) is 20.9 Å². The lowest BCUT2D eigenvalue weighted by Crippen LogP contribution is -2.37. The summed E-state index contributed by atoms with van der Waals surface area (Å²) in [5.74, 6) is -2.85. The molecule has 0 bridgehead atoms. The maximum Gasteiger partial charge on any atom is 0.255 e. The minimum absolute atomic E-state index is 0.229. The minimum atomic E-state index is -2.85. The maximum absolute atomic E-state index is 13.5. The molecule has 17 heavy (non-hydrogen) atoms. The van der Waals surface area contributed by atoms with Crippen molar-refractivity contribution in [3.8, 4) is 0 Å². The number of nitrogens with one attached hydrogen (secondary N) is 1. The molecule has 0 aliphatic carbocycles. The first-order valence-electron chi connectivity index (χ1n) is 5.11. The lowest BCUT2D eigenvalue weighted by atomic mass is 9.83. The van der Waals surface area contributed by atoms with Crippen molar-refractivity contribution in [3.63, 3.8) is 0 Å². The molecule has 0 aromatic carbocycles. The van der Waals surface area contributed by atoms with Gasteiger partial charge >= 0.3 is 0 Å². The van der Waals surface area contributed by atoms with Crippen LogP contribution in [-0.2, 0) is 5.41 Å². The first-order chi connectivity index (χ1) is 7.72. The summed E-state index contributed by atoms with van der Waals surface area (Å²) >= 11 is 5.69. The Morgan fingerprint density at radius 2 is 1.94 bits per heavy atom. The first-order valence-corrected chi connectivity index (χ1v) is 5.49. The van der Waals surface area contributed by atoms with Gasteiger partial charge in [0.1, 0.15) is 10.7 Å². The molecular weight excluding hydrogens is 248 g/mol. The van der Waals surface area contributed by atoms with Gasteiger partial charge in [-0.05, 0) is 19.9 Å². The molecule has 0 aliphatic heterocycles. The summed E-state index contributed by atoms with van der Waals surface area (Å²) in [5, 5.41) is 0.229. The van der Waals surface area contributed by atoms with Crippen molar-refractivity contribution in [2.75, 3.05) is 0 Å². The fourth-order valence-corrected chi connectivity index (χ4v) is 1.58. The fraction of sp³-hybridized carbons (Fsp3) is 0.455. The number of H-pyrrole nitrogens is 1. The SMILES string of the molecule is CC(F)(F)C(C)(C)c1cc2ncc(Cl)nc2[nH]1. The Labute approximate surface area is 102 Å². The van der Waals surface area contributed by atoms with Crippen molar-refractivity contribution in [2.45, 2.75) is 32.1 Å². The van der Waals surface area contributed by atoms with E-state index in [9.17, 15) is 8.78 Å². The van der Waals surface area contributed by atoms with Gasteiger partial charge in [0.15, 0.2) is 5.65 Å². The second kappa shape index (κ2) is 3.63. The van der Waals surface area contributed by atoms with Crippen molar-refractivity contribution in [1.82, 2.24) is 15.0 Å². The van der Waals surface area contributed by atoms with Crippen LogP contribution in [0.5, 0.6) is 0 Å². The Morgan fingerprint density at radius 1 is 1.29 bits per heavy atom. The molecule has 1 N–H and O–H groups in total. The van der Waals surface area contributed by atoms with Crippen molar-refractivity contribution in [2.24, 2.45) is 0 Å². The zero-order valence-electron chi connectivity index (χ0n) is 9.68. The number of aromatic nitrogens is 3. The third kappa shape index (κ3) is 1.99.